The molecule has 0 aromatic heterocycles. The zero-order chi connectivity index (χ0) is 27.4. The van der Waals surface area contributed by atoms with E-state index in [1.54, 1.807) is 54.6 Å². The summed E-state index contributed by atoms with van der Waals surface area (Å²) in [6, 6.07) is 15.3. The molecular formula is C25H31N4O7S. The summed E-state index contributed by atoms with van der Waals surface area (Å²) >= 11 is 0. The van der Waals surface area contributed by atoms with Crippen LogP contribution in [0.1, 0.15) is 17.5 Å². The predicted octanol–water partition coefficient (Wildman–Crippen LogP) is -1.000. The van der Waals surface area contributed by atoms with Gasteiger partial charge in [0, 0.05) is 12.8 Å². The maximum atomic E-state index is 13.1. The molecule has 37 heavy (non-hydrogen) atoms. The first kappa shape index (κ1) is 29.5. The quantitative estimate of drug-likeness (QED) is 0.194. The standard InChI is InChI=1S/C25H31N4O7S/c1-37(35,36)13-12-19(28-22(31)15-21(26)30)24(33)29-20(14-17-8-4-2-5-9-17)23(32)25(34)27-16-18-10-6-3-7-11-18/h2-11,15,19-20,23,32H,12-14,16H2,1H3,(H2,26,30)(H,27,34)(H,28,31)(H,29,33)/t19-,20-,23-/m0/s1. The molecule has 2 aromatic carbocycles. The minimum Gasteiger partial charge on any atom is -0.381 e. The van der Waals surface area contributed by atoms with E-state index in [2.05, 4.69) is 16.0 Å². The molecule has 2 rings (SSSR count). The Hall–Kier alpha value is -3.77. The molecule has 0 unspecified atom stereocenters. The summed E-state index contributed by atoms with van der Waals surface area (Å²) in [5.74, 6) is -4.05. The summed E-state index contributed by atoms with van der Waals surface area (Å²) < 4.78 is 23.3. The fourth-order valence-electron chi connectivity index (χ4n) is 3.41. The lowest BCUT2D eigenvalue weighted by Gasteiger charge is -2.26. The predicted molar refractivity (Wildman–Crippen MR) is 136 cm³/mol. The average molecular weight is 532 g/mol. The fraction of sp³-hybridized carbons (Fsp3) is 0.320. The minimum atomic E-state index is -3.50. The largest absolute Gasteiger partial charge is 0.381 e. The van der Waals surface area contributed by atoms with Crippen molar-refractivity contribution in [2.24, 2.45) is 5.73 Å². The zero-order valence-electron chi connectivity index (χ0n) is 20.3. The Morgan fingerprint density at radius 1 is 0.919 bits per heavy atom. The second-order valence-electron chi connectivity index (χ2n) is 8.48. The first-order chi connectivity index (χ1) is 17.4. The minimum absolute atomic E-state index is 0.0622. The van der Waals surface area contributed by atoms with Crippen molar-refractivity contribution in [2.75, 3.05) is 12.0 Å². The van der Waals surface area contributed by atoms with Crippen LogP contribution in [0.3, 0.4) is 0 Å². The summed E-state index contributed by atoms with van der Waals surface area (Å²) in [7, 11) is -3.50. The van der Waals surface area contributed by atoms with Crippen molar-refractivity contribution in [3.8, 4) is 0 Å². The van der Waals surface area contributed by atoms with Crippen molar-refractivity contribution in [1.29, 1.82) is 0 Å². The lowest BCUT2D eigenvalue weighted by molar-refractivity contribution is -0.134. The van der Waals surface area contributed by atoms with Gasteiger partial charge in [-0.05, 0) is 24.0 Å². The number of hydrogen-bond acceptors (Lipinski definition) is 7. The van der Waals surface area contributed by atoms with Gasteiger partial charge >= 0.3 is 0 Å². The Labute approximate surface area is 215 Å². The average Bonchev–Trinajstić information content (AvgIpc) is 2.84. The molecule has 0 heterocycles. The van der Waals surface area contributed by atoms with E-state index in [1.165, 1.54) is 0 Å². The van der Waals surface area contributed by atoms with Crippen molar-refractivity contribution in [2.45, 2.75) is 37.6 Å². The second-order valence-corrected chi connectivity index (χ2v) is 10.7. The van der Waals surface area contributed by atoms with Gasteiger partial charge in [-0.2, -0.15) is 0 Å². The molecule has 12 heteroatoms. The SMILES string of the molecule is CS(=O)(=O)CC[C@H](NC(=O)[CH]C(N)=O)C(=O)N[C@@H](Cc1ccccc1)[C@H](O)C(=O)NCc1ccccc1. The number of nitrogens with one attached hydrogen (secondary N) is 3. The summed E-state index contributed by atoms with van der Waals surface area (Å²) in [4.78, 5) is 48.9. The second kappa shape index (κ2) is 14.1. The number of carbonyl (C=O) groups is 4. The molecular weight excluding hydrogens is 500 g/mol. The number of hydrogen-bond donors (Lipinski definition) is 5. The molecule has 0 saturated heterocycles. The van der Waals surface area contributed by atoms with Crippen LogP contribution in [-0.2, 0) is 42.0 Å². The highest BCUT2D eigenvalue weighted by atomic mass is 32.2. The number of aliphatic hydroxyl groups is 1. The van der Waals surface area contributed by atoms with Crippen LogP contribution in [0.15, 0.2) is 60.7 Å². The van der Waals surface area contributed by atoms with E-state index in [1.807, 2.05) is 6.07 Å². The van der Waals surface area contributed by atoms with Gasteiger partial charge in [-0.25, -0.2) is 8.42 Å². The van der Waals surface area contributed by atoms with Crippen molar-refractivity contribution >= 4 is 33.5 Å². The third-order valence-corrected chi connectivity index (χ3v) is 6.25. The molecule has 0 saturated carbocycles. The Morgan fingerprint density at radius 3 is 2.03 bits per heavy atom. The number of sulfone groups is 1. The Kier molecular flexibility index (Phi) is 11.2. The summed E-state index contributed by atoms with van der Waals surface area (Å²) in [5, 5.41) is 18.3. The van der Waals surface area contributed by atoms with E-state index in [-0.39, 0.29) is 19.4 Å². The first-order valence-corrected chi connectivity index (χ1v) is 13.5. The maximum Gasteiger partial charge on any atom is 0.251 e. The van der Waals surface area contributed by atoms with Crippen LogP contribution in [0.25, 0.3) is 0 Å². The molecule has 199 valence electrons. The summed E-state index contributed by atoms with van der Waals surface area (Å²) in [6.07, 6.45) is -0.424. The Bertz CT molecular complexity index is 1170. The van der Waals surface area contributed by atoms with Crippen LogP contribution in [0, 0.1) is 6.42 Å². The summed E-state index contributed by atoms with van der Waals surface area (Å²) in [6.45, 7) is 0.152. The number of rotatable bonds is 14. The van der Waals surface area contributed by atoms with Gasteiger partial charge in [0.05, 0.1) is 11.8 Å². The third-order valence-electron chi connectivity index (χ3n) is 5.27. The van der Waals surface area contributed by atoms with Crippen LogP contribution >= 0.6 is 0 Å². The molecule has 11 nitrogen and oxygen atoms in total. The van der Waals surface area contributed by atoms with E-state index in [0.29, 0.717) is 12.0 Å². The monoisotopic (exact) mass is 531 g/mol. The first-order valence-electron chi connectivity index (χ1n) is 11.4. The van der Waals surface area contributed by atoms with Gasteiger partial charge in [0.25, 0.3) is 5.91 Å². The molecule has 1 radical (unpaired) electrons. The number of amides is 4. The number of carbonyl (C=O) groups excluding carboxylic acids is 4. The van der Waals surface area contributed by atoms with Crippen LogP contribution < -0.4 is 21.7 Å². The fourth-order valence-corrected chi connectivity index (χ4v) is 4.07. The lowest BCUT2D eigenvalue weighted by atomic mass is 9.99. The summed E-state index contributed by atoms with van der Waals surface area (Å²) in [5.41, 5.74) is 6.49. The van der Waals surface area contributed by atoms with Crippen molar-refractivity contribution < 1.29 is 32.7 Å². The van der Waals surface area contributed by atoms with E-state index < -0.39 is 57.4 Å². The van der Waals surface area contributed by atoms with Gasteiger partial charge in [0.2, 0.25) is 17.7 Å². The highest BCUT2D eigenvalue weighted by Gasteiger charge is 2.31. The van der Waals surface area contributed by atoms with Gasteiger partial charge in [0.15, 0.2) is 6.10 Å². The lowest BCUT2D eigenvalue weighted by Crippen LogP contribution is -2.56. The van der Waals surface area contributed by atoms with Crippen molar-refractivity contribution in [1.82, 2.24) is 16.0 Å². The molecule has 0 bridgehead atoms. The van der Waals surface area contributed by atoms with Crippen molar-refractivity contribution in [3.05, 3.63) is 78.2 Å². The van der Waals surface area contributed by atoms with Gasteiger partial charge in [-0.3, -0.25) is 19.2 Å². The van der Waals surface area contributed by atoms with E-state index >= 15 is 0 Å². The molecule has 2 aromatic rings. The smallest absolute Gasteiger partial charge is 0.251 e. The molecule has 0 aliphatic carbocycles. The van der Waals surface area contributed by atoms with Crippen LogP contribution in [-0.4, -0.2) is 67.3 Å². The number of benzene rings is 2. The molecule has 4 amide bonds. The highest BCUT2D eigenvalue weighted by Crippen LogP contribution is 2.09. The Balaban J connectivity index is 2.20. The topological polar surface area (TPSA) is 185 Å². The molecule has 6 N–H and O–H groups in total. The number of primary amides is 1. The van der Waals surface area contributed by atoms with Gasteiger partial charge < -0.3 is 26.8 Å². The van der Waals surface area contributed by atoms with Gasteiger partial charge in [-0.15, -0.1) is 0 Å². The molecule has 3 atom stereocenters. The normalized spacial score (nSPS) is 13.6. The molecule has 0 aliphatic rings. The highest BCUT2D eigenvalue weighted by molar-refractivity contribution is 7.90. The van der Waals surface area contributed by atoms with Crippen LogP contribution in [0.2, 0.25) is 0 Å². The van der Waals surface area contributed by atoms with Crippen LogP contribution in [0.4, 0.5) is 0 Å². The van der Waals surface area contributed by atoms with Gasteiger partial charge in [0.1, 0.15) is 22.3 Å². The van der Waals surface area contributed by atoms with E-state index in [0.717, 1.165) is 11.8 Å². The Morgan fingerprint density at radius 2 is 1.49 bits per heavy atom. The number of nitrogens with two attached hydrogens (primary N) is 1. The van der Waals surface area contributed by atoms with E-state index in [4.69, 9.17) is 5.73 Å². The third kappa shape index (κ3) is 11.2. The molecule has 0 aliphatic heterocycles. The number of aliphatic hydroxyl groups excluding tert-OH is 1. The molecule has 0 fully saturated rings. The maximum absolute atomic E-state index is 13.1. The van der Waals surface area contributed by atoms with E-state index in [9.17, 15) is 32.7 Å². The van der Waals surface area contributed by atoms with Gasteiger partial charge in [-0.1, -0.05) is 60.7 Å². The molecule has 0 spiro atoms. The van der Waals surface area contributed by atoms with Crippen LogP contribution in [0.5, 0.6) is 0 Å². The van der Waals surface area contributed by atoms with Crippen molar-refractivity contribution in [3.63, 3.8) is 0 Å². The zero-order valence-corrected chi connectivity index (χ0v) is 21.1.